The van der Waals surface area contributed by atoms with Crippen LogP contribution >= 0.6 is 11.6 Å². The van der Waals surface area contributed by atoms with Crippen LogP contribution in [0.1, 0.15) is 37.0 Å². The number of benzene rings is 1. The Hall–Kier alpha value is -1.64. The van der Waals surface area contributed by atoms with E-state index in [4.69, 9.17) is 16.3 Å². The van der Waals surface area contributed by atoms with Crippen molar-refractivity contribution in [3.05, 3.63) is 28.8 Å². The Bertz CT molecular complexity index is 806. The molecule has 1 fully saturated rings. The summed E-state index contributed by atoms with van der Waals surface area (Å²) in [5, 5.41) is 0.171. The van der Waals surface area contributed by atoms with E-state index in [0.717, 1.165) is 12.8 Å². The van der Waals surface area contributed by atoms with Gasteiger partial charge in [-0.2, -0.15) is 4.31 Å². The maximum absolute atomic E-state index is 12.9. The van der Waals surface area contributed by atoms with Crippen molar-refractivity contribution in [2.75, 3.05) is 33.3 Å². The van der Waals surface area contributed by atoms with Crippen molar-refractivity contribution < 1.29 is 22.7 Å². The smallest absolute Gasteiger partial charge is 0.310 e. The highest BCUT2D eigenvalue weighted by Crippen LogP contribution is 2.26. The van der Waals surface area contributed by atoms with Crippen LogP contribution in [0.3, 0.4) is 0 Å². The van der Waals surface area contributed by atoms with Gasteiger partial charge >= 0.3 is 5.97 Å². The van der Waals surface area contributed by atoms with E-state index >= 15 is 0 Å². The minimum Gasteiger partial charge on any atom is -0.469 e. The molecule has 0 saturated carbocycles. The molecule has 1 unspecified atom stereocenters. The lowest BCUT2D eigenvalue weighted by atomic mass is 10.1. The minimum absolute atomic E-state index is 0.0502. The van der Waals surface area contributed by atoms with Gasteiger partial charge in [-0.3, -0.25) is 9.59 Å². The average molecular weight is 417 g/mol. The molecule has 1 aromatic rings. The molecule has 1 amide bonds. The maximum atomic E-state index is 12.9. The van der Waals surface area contributed by atoms with Crippen molar-refractivity contribution in [3.63, 3.8) is 0 Å². The van der Waals surface area contributed by atoms with Gasteiger partial charge < -0.3 is 9.64 Å². The van der Waals surface area contributed by atoms with Gasteiger partial charge in [0, 0.05) is 26.2 Å². The number of carbonyl (C=O) groups excluding carboxylic acids is 2. The van der Waals surface area contributed by atoms with Crippen LogP contribution in [-0.4, -0.2) is 62.8 Å². The number of rotatable bonds is 7. The predicted octanol–water partition coefficient (Wildman–Crippen LogP) is 2.40. The highest BCUT2D eigenvalue weighted by Gasteiger charge is 2.29. The number of ether oxygens (including phenoxy) is 1. The standard InChI is InChI=1S/C18H25ClN2O5S/c1-4-20(12-13(2)18(23)26-3)17(22)15-11-14(7-8-16(15)19)27(24,25)21-9-5-6-10-21/h7-8,11,13H,4-6,9-10,12H2,1-3H3. The van der Waals surface area contributed by atoms with Gasteiger partial charge in [0.15, 0.2) is 0 Å². The second-order valence-corrected chi connectivity index (χ2v) is 8.87. The molecule has 1 saturated heterocycles. The lowest BCUT2D eigenvalue weighted by Crippen LogP contribution is -2.37. The average Bonchev–Trinajstić information content (AvgIpc) is 3.20. The van der Waals surface area contributed by atoms with Crippen molar-refractivity contribution in [3.8, 4) is 0 Å². The highest BCUT2D eigenvalue weighted by atomic mass is 35.5. The van der Waals surface area contributed by atoms with Gasteiger partial charge in [-0.25, -0.2) is 8.42 Å². The summed E-state index contributed by atoms with van der Waals surface area (Å²) in [6, 6.07) is 4.17. The Labute approximate surface area is 165 Å². The van der Waals surface area contributed by atoms with Gasteiger partial charge in [0.2, 0.25) is 10.0 Å². The zero-order chi connectivity index (χ0) is 20.2. The zero-order valence-electron chi connectivity index (χ0n) is 15.8. The molecule has 150 valence electrons. The van der Waals surface area contributed by atoms with Gasteiger partial charge in [0.25, 0.3) is 5.91 Å². The van der Waals surface area contributed by atoms with Gasteiger partial charge in [-0.15, -0.1) is 0 Å². The fraction of sp³-hybridized carbons (Fsp3) is 0.556. The predicted molar refractivity (Wildman–Crippen MR) is 102 cm³/mol. The lowest BCUT2D eigenvalue weighted by Gasteiger charge is -2.24. The molecule has 27 heavy (non-hydrogen) atoms. The molecule has 0 radical (unpaired) electrons. The number of hydrogen-bond acceptors (Lipinski definition) is 5. The lowest BCUT2D eigenvalue weighted by molar-refractivity contribution is -0.145. The number of methoxy groups -OCH3 is 1. The summed E-state index contributed by atoms with van der Waals surface area (Å²) >= 11 is 6.18. The minimum atomic E-state index is -3.65. The van der Waals surface area contributed by atoms with Gasteiger partial charge in [-0.05, 0) is 38.0 Å². The van der Waals surface area contributed by atoms with Crippen molar-refractivity contribution in [2.45, 2.75) is 31.6 Å². The van der Waals surface area contributed by atoms with Crippen LogP contribution in [0.4, 0.5) is 0 Å². The molecule has 2 rings (SSSR count). The first-order valence-electron chi connectivity index (χ1n) is 8.89. The maximum Gasteiger partial charge on any atom is 0.310 e. The molecule has 1 atom stereocenters. The first-order valence-corrected chi connectivity index (χ1v) is 10.7. The Morgan fingerprint density at radius 3 is 2.48 bits per heavy atom. The number of esters is 1. The van der Waals surface area contributed by atoms with E-state index in [2.05, 4.69) is 0 Å². The Morgan fingerprint density at radius 2 is 1.93 bits per heavy atom. The van der Waals surface area contributed by atoms with Crippen LogP contribution in [0, 0.1) is 5.92 Å². The highest BCUT2D eigenvalue weighted by molar-refractivity contribution is 7.89. The van der Waals surface area contributed by atoms with E-state index in [1.165, 1.54) is 34.5 Å². The van der Waals surface area contributed by atoms with Crippen molar-refractivity contribution in [2.24, 2.45) is 5.92 Å². The largest absolute Gasteiger partial charge is 0.469 e. The van der Waals surface area contributed by atoms with Crippen LogP contribution in [0.15, 0.2) is 23.1 Å². The first kappa shape index (κ1) is 21.7. The van der Waals surface area contributed by atoms with Gasteiger partial charge in [-0.1, -0.05) is 18.5 Å². The SMILES string of the molecule is CCN(CC(C)C(=O)OC)C(=O)c1cc(S(=O)(=O)N2CCCC2)ccc1Cl. The third-order valence-corrected chi connectivity index (χ3v) is 6.86. The van der Waals surface area contributed by atoms with Crippen LogP contribution in [0.25, 0.3) is 0 Å². The second-order valence-electron chi connectivity index (χ2n) is 6.52. The van der Waals surface area contributed by atoms with Crippen LogP contribution in [0.2, 0.25) is 5.02 Å². The summed E-state index contributed by atoms with van der Waals surface area (Å²) in [6.45, 7) is 4.90. The first-order chi connectivity index (χ1) is 12.7. The monoisotopic (exact) mass is 416 g/mol. The van der Waals surface area contributed by atoms with Crippen LogP contribution in [0.5, 0.6) is 0 Å². The normalized spacial score (nSPS) is 16.1. The van der Waals surface area contributed by atoms with E-state index in [1.54, 1.807) is 13.8 Å². The molecular weight excluding hydrogens is 392 g/mol. The number of carbonyl (C=O) groups is 2. The molecule has 1 aliphatic rings. The molecule has 0 bridgehead atoms. The molecule has 1 aliphatic heterocycles. The molecular formula is C18H25ClN2O5S. The van der Waals surface area contributed by atoms with E-state index in [-0.39, 0.29) is 22.0 Å². The topological polar surface area (TPSA) is 84.0 Å². The van der Waals surface area contributed by atoms with Crippen LogP contribution in [-0.2, 0) is 19.6 Å². The summed E-state index contributed by atoms with van der Waals surface area (Å²) in [6.07, 6.45) is 1.65. The third kappa shape index (κ3) is 4.80. The third-order valence-electron chi connectivity index (χ3n) is 4.64. The summed E-state index contributed by atoms with van der Waals surface area (Å²) in [7, 11) is -2.36. The summed E-state index contributed by atoms with van der Waals surface area (Å²) in [4.78, 5) is 26.1. The molecule has 7 nitrogen and oxygen atoms in total. The van der Waals surface area contributed by atoms with E-state index < -0.39 is 27.8 Å². The molecule has 0 aromatic heterocycles. The Balaban J connectivity index is 2.31. The molecule has 1 aromatic carbocycles. The Morgan fingerprint density at radius 1 is 1.30 bits per heavy atom. The van der Waals surface area contributed by atoms with Crippen molar-refractivity contribution in [1.82, 2.24) is 9.21 Å². The van der Waals surface area contributed by atoms with Crippen molar-refractivity contribution in [1.29, 1.82) is 0 Å². The quantitative estimate of drug-likeness (QED) is 0.637. The zero-order valence-corrected chi connectivity index (χ0v) is 17.3. The van der Waals surface area contributed by atoms with Crippen molar-refractivity contribution >= 4 is 33.5 Å². The summed E-state index contributed by atoms with van der Waals surface area (Å²) in [5.74, 6) is -1.34. The molecule has 0 aliphatic carbocycles. The number of halogens is 1. The number of sulfonamides is 1. The number of amides is 1. The van der Waals surface area contributed by atoms with E-state index in [1.807, 2.05) is 0 Å². The van der Waals surface area contributed by atoms with Gasteiger partial charge in [0.05, 0.1) is 28.5 Å². The molecule has 0 spiro atoms. The van der Waals surface area contributed by atoms with Gasteiger partial charge in [0.1, 0.15) is 0 Å². The fourth-order valence-electron chi connectivity index (χ4n) is 3.04. The van der Waals surface area contributed by atoms with E-state index in [9.17, 15) is 18.0 Å². The summed E-state index contributed by atoms with van der Waals surface area (Å²) < 4.78 is 31.6. The molecule has 0 N–H and O–H groups in total. The Kier molecular flexibility index (Phi) is 7.25. The van der Waals surface area contributed by atoms with Crippen LogP contribution < -0.4 is 0 Å². The summed E-state index contributed by atoms with van der Waals surface area (Å²) in [5.41, 5.74) is 0.107. The number of nitrogens with zero attached hydrogens (tertiary/aromatic N) is 2. The fourth-order valence-corrected chi connectivity index (χ4v) is 4.78. The molecule has 1 heterocycles. The van der Waals surface area contributed by atoms with E-state index in [0.29, 0.717) is 19.6 Å². The molecule has 9 heteroatoms. The number of hydrogen-bond donors (Lipinski definition) is 0. The second kappa shape index (κ2) is 9.03.